The Hall–Kier alpha value is -2.25. The molecule has 0 fully saturated rings. The van der Waals surface area contributed by atoms with Gasteiger partial charge in [-0.1, -0.05) is 68.5 Å². The molecule has 3 nitrogen and oxygen atoms in total. The number of aryl methyl sites for hydroxylation is 2. The first-order valence-corrected chi connectivity index (χ1v) is 12.7. The van der Waals surface area contributed by atoms with Crippen LogP contribution in [0.3, 0.4) is 0 Å². The summed E-state index contributed by atoms with van der Waals surface area (Å²) in [6.45, 7) is 4.03. The zero-order valence-electron chi connectivity index (χ0n) is 18.3. The number of hydrogen-bond acceptors (Lipinski definition) is 3. The Morgan fingerprint density at radius 2 is 1.59 bits per heavy atom. The predicted octanol–water partition coefficient (Wildman–Crippen LogP) is 7.10. The van der Waals surface area contributed by atoms with Crippen molar-refractivity contribution in [2.45, 2.75) is 31.6 Å². The van der Waals surface area contributed by atoms with E-state index in [1.165, 1.54) is 27.8 Å². The number of halogens is 1. The van der Waals surface area contributed by atoms with Gasteiger partial charge in [0.15, 0.2) is 6.61 Å². The maximum Gasteiger partial charge on any atom is 0.341 e. The van der Waals surface area contributed by atoms with E-state index in [1.807, 2.05) is 18.2 Å². The van der Waals surface area contributed by atoms with Crippen LogP contribution in [0.5, 0.6) is 5.75 Å². The minimum atomic E-state index is -0.976. The van der Waals surface area contributed by atoms with E-state index >= 15 is 0 Å². The molecule has 3 aromatic carbocycles. The highest BCUT2D eigenvalue weighted by Gasteiger charge is 2.08. The molecule has 0 saturated carbocycles. The van der Waals surface area contributed by atoms with Crippen molar-refractivity contribution in [3.63, 3.8) is 0 Å². The van der Waals surface area contributed by atoms with Crippen LogP contribution in [0.4, 0.5) is 0 Å². The van der Waals surface area contributed by atoms with Crippen LogP contribution in [0.1, 0.15) is 36.1 Å². The molecule has 0 aliphatic heterocycles. The van der Waals surface area contributed by atoms with Crippen molar-refractivity contribution in [2.24, 2.45) is 0 Å². The standard InChI is InChI=1S/C27H27IO3S/c1-3-19-7-5-9-21(15-19)24(22-10-6-8-20(4-2)16-22)13-14-32-23-11-12-26(25(28)17-23)31-18-27(29)30/h5-13,15-17H,3-4,14,18H2,1-2H3,(H,29,30). The fourth-order valence-electron chi connectivity index (χ4n) is 3.37. The summed E-state index contributed by atoms with van der Waals surface area (Å²) in [5.74, 6) is 0.450. The predicted molar refractivity (Wildman–Crippen MR) is 142 cm³/mol. The van der Waals surface area contributed by atoms with Gasteiger partial charge in [0.05, 0.1) is 3.57 Å². The first-order chi connectivity index (χ1) is 15.5. The van der Waals surface area contributed by atoms with E-state index in [0.29, 0.717) is 5.75 Å². The van der Waals surface area contributed by atoms with Crippen LogP contribution in [0, 0.1) is 3.57 Å². The van der Waals surface area contributed by atoms with Crippen molar-refractivity contribution >= 4 is 45.9 Å². The molecule has 32 heavy (non-hydrogen) atoms. The molecule has 0 aliphatic carbocycles. The molecule has 5 heteroatoms. The minimum Gasteiger partial charge on any atom is -0.481 e. The molecule has 0 amide bonds. The lowest BCUT2D eigenvalue weighted by Crippen LogP contribution is -2.10. The number of aliphatic carboxylic acids is 1. The first-order valence-electron chi connectivity index (χ1n) is 10.7. The quantitative estimate of drug-likeness (QED) is 0.213. The topological polar surface area (TPSA) is 46.5 Å². The van der Waals surface area contributed by atoms with Gasteiger partial charge < -0.3 is 9.84 Å². The number of carboxylic acid groups (broad SMARTS) is 1. The van der Waals surface area contributed by atoms with Crippen molar-refractivity contribution in [2.75, 3.05) is 12.4 Å². The van der Waals surface area contributed by atoms with Crippen LogP contribution < -0.4 is 4.74 Å². The van der Waals surface area contributed by atoms with Crippen LogP contribution in [0.15, 0.2) is 77.7 Å². The molecule has 0 aromatic heterocycles. The van der Waals surface area contributed by atoms with Gasteiger partial charge in [0.2, 0.25) is 0 Å². The average molecular weight is 558 g/mol. The molecule has 0 unspecified atom stereocenters. The minimum absolute atomic E-state index is 0.331. The van der Waals surface area contributed by atoms with Gasteiger partial charge >= 0.3 is 5.97 Å². The number of thioether (sulfide) groups is 1. The Balaban J connectivity index is 1.83. The van der Waals surface area contributed by atoms with Gasteiger partial charge in [-0.2, -0.15) is 0 Å². The van der Waals surface area contributed by atoms with Crippen LogP contribution in [-0.2, 0) is 17.6 Å². The number of ether oxygens (including phenoxy) is 1. The zero-order valence-corrected chi connectivity index (χ0v) is 21.3. The molecule has 3 aromatic rings. The lowest BCUT2D eigenvalue weighted by molar-refractivity contribution is -0.139. The molecule has 0 spiro atoms. The van der Waals surface area contributed by atoms with E-state index in [2.05, 4.69) is 91.0 Å². The third-order valence-electron chi connectivity index (χ3n) is 5.08. The third kappa shape index (κ3) is 6.87. The second-order valence-electron chi connectivity index (χ2n) is 7.31. The molecule has 0 heterocycles. The third-order valence-corrected chi connectivity index (χ3v) is 6.85. The molecule has 0 saturated heterocycles. The van der Waals surface area contributed by atoms with Crippen LogP contribution >= 0.6 is 34.4 Å². The number of carbonyl (C=O) groups is 1. The molecule has 0 bridgehead atoms. The Bertz CT molecular complexity index is 1060. The SMILES string of the molecule is CCc1cccc(C(=CCSc2ccc(OCC(=O)O)c(I)c2)c2cccc(CC)c2)c1. The number of carboxylic acids is 1. The Labute approximate surface area is 208 Å². The van der Waals surface area contributed by atoms with E-state index in [-0.39, 0.29) is 6.61 Å². The maximum atomic E-state index is 10.7. The van der Waals surface area contributed by atoms with E-state index in [4.69, 9.17) is 9.84 Å². The second-order valence-corrected chi connectivity index (χ2v) is 9.57. The normalized spacial score (nSPS) is 10.6. The summed E-state index contributed by atoms with van der Waals surface area (Å²) in [5, 5.41) is 8.80. The van der Waals surface area contributed by atoms with Crippen molar-refractivity contribution in [3.8, 4) is 5.75 Å². The van der Waals surface area contributed by atoms with Crippen molar-refractivity contribution in [3.05, 3.63) is 98.6 Å². The summed E-state index contributed by atoms with van der Waals surface area (Å²) >= 11 is 3.94. The van der Waals surface area contributed by atoms with Crippen LogP contribution in [-0.4, -0.2) is 23.4 Å². The van der Waals surface area contributed by atoms with E-state index in [9.17, 15) is 4.79 Å². The molecule has 0 aliphatic rings. The molecule has 0 radical (unpaired) electrons. The number of rotatable bonds is 10. The Morgan fingerprint density at radius 3 is 2.12 bits per heavy atom. The van der Waals surface area contributed by atoms with E-state index in [1.54, 1.807) is 11.8 Å². The molecule has 1 N–H and O–H groups in total. The lowest BCUT2D eigenvalue weighted by atomic mass is 9.94. The summed E-state index contributed by atoms with van der Waals surface area (Å²) < 4.78 is 6.23. The lowest BCUT2D eigenvalue weighted by Gasteiger charge is -2.12. The first kappa shape index (κ1) is 24.4. The van der Waals surface area contributed by atoms with Crippen molar-refractivity contribution in [1.82, 2.24) is 0 Å². The van der Waals surface area contributed by atoms with Crippen LogP contribution in [0.2, 0.25) is 0 Å². The summed E-state index contributed by atoms with van der Waals surface area (Å²) in [5.41, 5.74) is 6.40. The summed E-state index contributed by atoms with van der Waals surface area (Å²) in [6.07, 6.45) is 4.33. The molecule has 3 rings (SSSR count). The summed E-state index contributed by atoms with van der Waals surface area (Å²) in [6, 6.07) is 23.4. The fourth-order valence-corrected chi connectivity index (χ4v) is 5.06. The van der Waals surface area contributed by atoms with E-state index in [0.717, 1.165) is 27.1 Å². The van der Waals surface area contributed by atoms with Gasteiger partial charge in [0.25, 0.3) is 0 Å². The maximum absolute atomic E-state index is 10.7. The number of benzene rings is 3. The smallest absolute Gasteiger partial charge is 0.341 e. The highest BCUT2D eigenvalue weighted by Crippen LogP contribution is 2.30. The fraction of sp³-hybridized carbons (Fsp3) is 0.222. The average Bonchev–Trinajstić information content (AvgIpc) is 2.81. The molecular formula is C27H27IO3S. The monoisotopic (exact) mass is 558 g/mol. The summed E-state index contributed by atoms with van der Waals surface area (Å²) in [7, 11) is 0. The Kier molecular flexibility index (Phi) is 9.23. The van der Waals surface area contributed by atoms with Crippen LogP contribution in [0.25, 0.3) is 5.57 Å². The van der Waals surface area contributed by atoms with Gasteiger partial charge in [0, 0.05) is 10.6 Å². The highest BCUT2D eigenvalue weighted by molar-refractivity contribution is 14.1. The van der Waals surface area contributed by atoms with Gasteiger partial charge in [-0.25, -0.2) is 4.79 Å². The number of hydrogen-bond donors (Lipinski definition) is 1. The van der Waals surface area contributed by atoms with E-state index < -0.39 is 5.97 Å². The van der Waals surface area contributed by atoms with Gasteiger partial charge in [-0.05, 0) is 81.5 Å². The largest absolute Gasteiger partial charge is 0.481 e. The van der Waals surface area contributed by atoms with Gasteiger partial charge in [-0.15, -0.1) is 11.8 Å². The molecule has 166 valence electrons. The summed E-state index contributed by atoms with van der Waals surface area (Å²) in [4.78, 5) is 11.9. The zero-order chi connectivity index (χ0) is 22.9. The second kappa shape index (κ2) is 12.1. The van der Waals surface area contributed by atoms with Crippen molar-refractivity contribution < 1.29 is 14.6 Å². The molecular weight excluding hydrogens is 531 g/mol. The van der Waals surface area contributed by atoms with Gasteiger partial charge in [0.1, 0.15) is 5.75 Å². The Morgan fingerprint density at radius 1 is 0.969 bits per heavy atom. The van der Waals surface area contributed by atoms with Crippen molar-refractivity contribution in [1.29, 1.82) is 0 Å². The molecule has 0 atom stereocenters. The highest BCUT2D eigenvalue weighted by atomic mass is 127. The van der Waals surface area contributed by atoms with Gasteiger partial charge in [-0.3, -0.25) is 0 Å².